The van der Waals surface area contributed by atoms with Crippen molar-refractivity contribution in [2.75, 3.05) is 0 Å². The summed E-state index contributed by atoms with van der Waals surface area (Å²) >= 11 is 0. The Balaban J connectivity index is 1.30. The fourth-order valence-electron chi connectivity index (χ4n) is 8.69. The van der Waals surface area contributed by atoms with E-state index in [1.165, 1.54) is 44.9 Å². The van der Waals surface area contributed by atoms with Crippen LogP contribution in [0, 0.1) is 11.8 Å². The molecule has 7 nitrogen and oxygen atoms in total. The number of benzene rings is 1. The van der Waals surface area contributed by atoms with E-state index in [4.69, 9.17) is 9.72 Å². The zero-order chi connectivity index (χ0) is 26.7. The summed E-state index contributed by atoms with van der Waals surface area (Å²) in [5.41, 5.74) is 1.69. The number of H-pyrrole nitrogens is 1. The molecule has 2 aliphatic carbocycles. The molecule has 8 atom stereocenters. The molecular weight excluding hydrogens is 488 g/mol. The highest BCUT2D eigenvalue weighted by atomic mass is 16.5. The van der Waals surface area contributed by atoms with Gasteiger partial charge >= 0.3 is 0 Å². The molecule has 2 saturated carbocycles. The van der Waals surface area contributed by atoms with Gasteiger partial charge in [-0.15, -0.1) is 0 Å². The molecular formula is C32H40N4O3. The number of aromatic amines is 1. The van der Waals surface area contributed by atoms with E-state index in [-0.39, 0.29) is 47.1 Å². The maximum Gasteiger partial charge on any atom is 0.278 e. The maximum atomic E-state index is 14.2. The van der Waals surface area contributed by atoms with E-state index in [9.17, 15) is 9.59 Å². The molecule has 4 bridgehead atoms. The molecule has 7 rings (SSSR count). The van der Waals surface area contributed by atoms with Crippen LogP contribution in [0.1, 0.15) is 77.7 Å². The Morgan fingerprint density at radius 1 is 0.846 bits per heavy atom. The van der Waals surface area contributed by atoms with Gasteiger partial charge in [0.2, 0.25) is 0 Å². The third-order valence-electron chi connectivity index (χ3n) is 10.3. The Bertz CT molecular complexity index is 1450. The number of para-hydroxylation sites is 2. The Hall–Kier alpha value is -2.77. The lowest BCUT2D eigenvalue weighted by atomic mass is 9.74. The van der Waals surface area contributed by atoms with E-state index >= 15 is 0 Å². The van der Waals surface area contributed by atoms with E-state index < -0.39 is 0 Å². The highest BCUT2D eigenvalue weighted by molar-refractivity contribution is 5.77. The van der Waals surface area contributed by atoms with Crippen molar-refractivity contribution in [3.8, 4) is 11.3 Å². The Morgan fingerprint density at radius 2 is 1.54 bits per heavy atom. The molecule has 2 aromatic heterocycles. The Morgan fingerprint density at radius 3 is 2.23 bits per heavy atom. The highest BCUT2D eigenvalue weighted by Crippen LogP contribution is 2.47. The van der Waals surface area contributed by atoms with Crippen molar-refractivity contribution in [1.29, 1.82) is 0 Å². The number of hydrogen-bond donors (Lipinski definition) is 1. The summed E-state index contributed by atoms with van der Waals surface area (Å²) in [6, 6.07) is 12.5. The molecule has 1 N–H and O–H groups in total. The van der Waals surface area contributed by atoms with E-state index in [2.05, 4.69) is 23.7 Å². The smallest absolute Gasteiger partial charge is 0.278 e. The van der Waals surface area contributed by atoms with Crippen LogP contribution in [0.15, 0.2) is 52.2 Å². The maximum absolute atomic E-state index is 14.2. The van der Waals surface area contributed by atoms with Crippen molar-refractivity contribution in [3.05, 3.63) is 63.3 Å². The molecule has 2 unspecified atom stereocenters. The average Bonchev–Trinajstić information content (AvgIpc) is 3.10. The molecule has 39 heavy (non-hydrogen) atoms. The predicted octanol–water partition coefficient (Wildman–Crippen LogP) is 5.29. The first kappa shape index (κ1) is 25.2. The Kier molecular flexibility index (Phi) is 6.47. The van der Waals surface area contributed by atoms with Gasteiger partial charge < -0.3 is 14.3 Å². The van der Waals surface area contributed by atoms with E-state index in [0.29, 0.717) is 11.6 Å². The summed E-state index contributed by atoms with van der Waals surface area (Å²) in [6.45, 7) is 4.45. The second-order valence-corrected chi connectivity index (χ2v) is 12.7. The van der Waals surface area contributed by atoms with Gasteiger partial charge in [-0.3, -0.25) is 14.5 Å². The summed E-state index contributed by atoms with van der Waals surface area (Å²) in [5, 5.41) is 0. The van der Waals surface area contributed by atoms with Crippen LogP contribution < -0.4 is 11.1 Å². The van der Waals surface area contributed by atoms with Gasteiger partial charge in [0.05, 0.1) is 28.8 Å². The standard InChI is InChI=1S/C32H40N4O3/c1-19-28-17-24(18-29(20(2)39-19)35(28)23-15-21-8-3-4-9-22(14-21)16-23)36-27-12-6-5-11-26(27)34-30(32(36)38)25-10-7-13-33-31(25)37/h5-7,10-13,19-24,28-29H,3-4,8-9,14-18H2,1-2H3,(H,33,37)/t19-,20+,21-,22+,23?,24?,28-,29+. The van der Waals surface area contributed by atoms with Gasteiger partial charge in [-0.25, -0.2) is 4.98 Å². The number of rotatable bonds is 3. The van der Waals surface area contributed by atoms with Gasteiger partial charge in [0.1, 0.15) is 5.69 Å². The lowest BCUT2D eigenvalue weighted by Gasteiger charge is -2.58. The number of pyridine rings is 1. The summed E-state index contributed by atoms with van der Waals surface area (Å²) in [4.78, 5) is 37.1. The normalized spacial score (nSPS) is 35.0. The molecule has 4 aliphatic rings. The minimum Gasteiger partial charge on any atom is -0.372 e. The number of hydrogen-bond acceptors (Lipinski definition) is 5. The third-order valence-corrected chi connectivity index (χ3v) is 10.3. The summed E-state index contributed by atoms with van der Waals surface area (Å²) in [6.07, 6.45) is 13.2. The molecule has 3 aromatic rings. The number of piperidine rings is 1. The number of ether oxygens (including phenoxy) is 1. The van der Waals surface area contributed by atoms with Crippen LogP contribution in [0.5, 0.6) is 0 Å². The van der Waals surface area contributed by atoms with Crippen LogP contribution in [-0.2, 0) is 4.74 Å². The third kappa shape index (κ3) is 4.38. The van der Waals surface area contributed by atoms with Crippen LogP contribution in [-0.4, -0.2) is 49.8 Å². The zero-order valence-corrected chi connectivity index (χ0v) is 23.1. The minimum atomic E-state index is -0.287. The first-order chi connectivity index (χ1) is 19.0. The molecule has 7 heteroatoms. The predicted molar refractivity (Wildman–Crippen MR) is 153 cm³/mol. The van der Waals surface area contributed by atoms with Crippen LogP contribution in [0.4, 0.5) is 0 Å². The van der Waals surface area contributed by atoms with Crippen molar-refractivity contribution < 1.29 is 4.74 Å². The van der Waals surface area contributed by atoms with Crippen molar-refractivity contribution in [2.45, 2.75) is 108 Å². The zero-order valence-electron chi connectivity index (χ0n) is 23.1. The molecule has 0 radical (unpaired) electrons. The van der Waals surface area contributed by atoms with Gasteiger partial charge in [-0.2, -0.15) is 0 Å². The molecule has 0 amide bonds. The van der Waals surface area contributed by atoms with Crippen molar-refractivity contribution in [3.63, 3.8) is 0 Å². The van der Waals surface area contributed by atoms with Crippen LogP contribution >= 0.6 is 0 Å². The van der Waals surface area contributed by atoms with E-state index in [1.807, 2.05) is 28.8 Å². The van der Waals surface area contributed by atoms with E-state index in [0.717, 1.165) is 35.7 Å². The second kappa shape index (κ2) is 10.0. The fourth-order valence-corrected chi connectivity index (χ4v) is 8.69. The summed E-state index contributed by atoms with van der Waals surface area (Å²) < 4.78 is 8.48. The largest absolute Gasteiger partial charge is 0.372 e. The topological polar surface area (TPSA) is 80.2 Å². The fraction of sp³-hybridized carbons (Fsp3) is 0.594. The molecule has 2 saturated heterocycles. The quantitative estimate of drug-likeness (QED) is 0.500. The second-order valence-electron chi connectivity index (χ2n) is 12.7. The van der Waals surface area contributed by atoms with Crippen LogP contribution in [0.25, 0.3) is 22.3 Å². The summed E-state index contributed by atoms with van der Waals surface area (Å²) in [7, 11) is 0. The van der Waals surface area contributed by atoms with Crippen molar-refractivity contribution in [1.82, 2.24) is 19.4 Å². The van der Waals surface area contributed by atoms with Gasteiger partial charge in [0.25, 0.3) is 11.1 Å². The molecule has 0 spiro atoms. The number of aromatic nitrogens is 3. The number of nitrogens with one attached hydrogen (secondary N) is 1. The SMILES string of the molecule is C[C@@H]1O[C@H](C)[C@H]2CC(n3c(=O)c(-c4ccc[nH]c4=O)nc4ccccc43)C[C@@H]1N2C1C[C@H]2CCCC[C@@H](C1)C2. The lowest BCUT2D eigenvalue weighted by molar-refractivity contribution is -0.184. The van der Waals surface area contributed by atoms with Crippen molar-refractivity contribution >= 4 is 11.0 Å². The molecule has 4 heterocycles. The molecule has 1 aromatic carbocycles. The highest BCUT2D eigenvalue weighted by Gasteiger charge is 2.50. The van der Waals surface area contributed by atoms with Crippen molar-refractivity contribution in [2.24, 2.45) is 11.8 Å². The van der Waals surface area contributed by atoms with Crippen LogP contribution in [0.2, 0.25) is 0 Å². The number of fused-ring (bicyclic) bond motifs is 5. The Labute approximate surface area is 229 Å². The first-order valence-electron chi connectivity index (χ1n) is 15.1. The van der Waals surface area contributed by atoms with Gasteiger partial charge in [-0.1, -0.05) is 37.8 Å². The molecule has 2 aliphatic heterocycles. The monoisotopic (exact) mass is 528 g/mol. The minimum absolute atomic E-state index is 0.0258. The molecule has 206 valence electrons. The van der Waals surface area contributed by atoms with Gasteiger partial charge in [0, 0.05) is 30.4 Å². The average molecular weight is 529 g/mol. The summed E-state index contributed by atoms with van der Waals surface area (Å²) in [5.74, 6) is 1.72. The van der Waals surface area contributed by atoms with Gasteiger partial charge in [-0.05, 0) is 82.1 Å². The lowest BCUT2D eigenvalue weighted by Crippen LogP contribution is -2.66. The number of morpholine rings is 1. The first-order valence-corrected chi connectivity index (χ1v) is 15.1. The molecule has 4 fully saturated rings. The number of nitrogens with zero attached hydrogens (tertiary/aromatic N) is 3. The van der Waals surface area contributed by atoms with Crippen LogP contribution in [0.3, 0.4) is 0 Å². The van der Waals surface area contributed by atoms with Gasteiger partial charge in [0.15, 0.2) is 0 Å². The van der Waals surface area contributed by atoms with E-state index in [1.54, 1.807) is 18.3 Å².